The molecule has 0 unspecified atom stereocenters. The van der Waals surface area contributed by atoms with Gasteiger partial charge in [0.2, 0.25) is 11.1 Å². The Kier molecular flexibility index (Phi) is 7.78. The molecule has 0 saturated heterocycles. The van der Waals surface area contributed by atoms with Gasteiger partial charge in [0.15, 0.2) is 5.82 Å². The van der Waals surface area contributed by atoms with Crippen LogP contribution in [0.1, 0.15) is 56.0 Å². The molecular formula is C21H30N6O3S. The van der Waals surface area contributed by atoms with E-state index in [4.69, 9.17) is 10.6 Å². The van der Waals surface area contributed by atoms with Gasteiger partial charge in [0.05, 0.1) is 5.25 Å². The Hall–Kier alpha value is -2.75. The molecule has 9 nitrogen and oxygen atoms in total. The number of rotatable bonds is 7. The van der Waals surface area contributed by atoms with Crippen LogP contribution in [0, 0.1) is 13.8 Å². The summed E-state index contributed by atoms with van der Waals surface area (Å²) in [6.45, 7) is 5.84. The van der Waals surface area contributed by atoms with Crippen molar-refractivity contribution in [3.63, 3.8) is 0 Å². The van der Waals surface area contributed by atoms with Gasteiger partial charge >= 0.3 is 6.03 Å². The molecule has 1 aromatic carbocycles. The van der Waals surface area contributed by atoms with Crippen LogP contribution in [0.5, 0.6) is 5.75 Å². The fraction of sp³-hybridized carbons (Fsp3) is 0.524. The Balaban J connectivity index is 1.50. The van der Waals surface area contributed by atoms with Gasteiger partial charge in [-0.15, -0.1) is 10.2 Å². The number of hydrogen-bond acceptors (Lipinski definition) is 7. The zero-order chi connectivity index (χ0) is 22.4. The van der Waals surface area contributed by atoms with Gasteiger partial charge in [0, 0.05) is 6.04 Å². The predicted molar refractivity (Wildman–Crippen MR) is 119 cm³/mol. The summed E-state index contributed by atoms with van der Waals surface area (Å²) in [4.78, 5) is 24.5. The topological polar surface area (TPSA) is 124 Å². The van der Waals surface area contributed by atoms with Crippen LogP contribution in [0.4, 0.5) is 4.79 Å². The zero-order valence-corrected chi connectivity index (χ0v) is 19.0. The van der Waals surface area contributed by atoms with Crippen LogP contribution in [-0.4, -0.2) is 38.1 Å². The number of hydrogen-bond donors (Lipinski definition) is 3. The van der Waals surface area contributed by atoms with Crippen molar-refractivity contribution in [3.05, 3.63) is 35.2 Å². The maximum Gasteiger partial charge on any atom is 0.321 e. The summed E-state index contributed by atoms with van der Waals surface area (Å²) in [7, 11) is 0. The van der Waals surface area contributed by atoms with E-state index < -0.39 is 17.2 Å². The average Bonchev–Trinajstić information content (AvgIpc) is 3.07. The maximum absolute atomic E-state index is 12.4. The van der Waals surface area contributed by atoms with Crippen LogP contribution in [0.3, 0.4) is 0 Å². The molecule has 0 aliphatic heterocycles. The number of benzene rings is 1. The molecule has 0 bridgehead atoms. The number of imide groups is 1. The van der Waals surface area contributed by atoms with Gasteiger partial charge in [-0.3, -0.25) is 10.1 Å². The minimum Gasteiger partial charge on any atom is -0.485 e. The Bertz CT molecular complexity index is 926. The van der Waals surface area contributed by atoms with E-state index >= 15 is 0 Å². The molecule has 168 valence electrons. The van der Waals surface area contributed by atoms with Crippen molar-refractivity contribution in [2.45, 2.75) is 75.9 Å². The summed E-state index contributed by atoms with van der Waals surface area (Å²) in [6.07, 6.45) is 5.31. The number of aromatic nitrogens is 3. The molecular weight excluding hydrogens is 416 g/mol. The maximum atomic E-state index is 12.4. The minimum atomic E-state index is -0.572. The van der Waals surface area contributed by atoms with Crippen LogP contribution in [0.15, 0.2) is 23.4 Å². The van der Waals surface area contributed by atoms with Crippen molar-refractivity contribution in [1.29, 1.82) is 0 Å². The van der Waals surface area contributed by atoms with Crippen molar-refractivity contribution < 1.29 is 14.3 Å². The Morgan fingerprint density at radius 2 is 2.00 bits per heavy atom. The highest BCUT2D eigenvalue weighted by Crippen LogP contribution is 2.23. The van der Waals surface area contributed by atoms with E-state index in [2.05, 4.69) is 20.8 Å². The van der Waals surface area contributed by atoms with Crippen LogP contribution >= 0.6 is 11.8 Å². The average molecular weight is 447 g/mol. The van der Waals surface area contributed by atoms with Gasteiger partial charge in [-0.2, -0.15) is 0 Å². The number of aryl methyl sites for hydroxylation is 2. The number of amides is 3. The number of carbonyl (C=O) groups excluding carboxylic acids is 2. The lowest BCUT2D eigenvalue weighted by Gasteiger charge is -2.22. The standard InChI is InChI=1S/C21H30N6O3S/c1-13-9-10-17(14(2)11-13)30-12-18-25-26-21(27(18)22)31-15(3)19(28)24-20(29)23-16-7-5-4-6-8-16/h9-11,15-16H,4-8,12,22H2,1-3H3,(H2,23,24,28,29)/t15-/m1/s1. The third-order valence-electron chi connectivity index (χ3n) is 5.25. The van der Waals surface area contributed by atoms with Crippen molar-refractivity contribution in [2.24, 2.45) is 0 Å². The molecule has 4 N–H and O–H groups in total. The molecule has 3 amide bonds. The highest BCUT2D eigenvalue weighted by molar-refractivity contribution is 8.00. The third-order valence-corrected chi connectivity index (χ3v) is 6.31. The molecule has 1 aliphatic carbocycles. The number of urea groups is 1. The number of nitrogens with zero attached hydrogens (tertiary/aromatic N) is 3. The minimum absolute atomic E-state index is 0.136. The molecule has 1 aliphatic rings. The summed E-state index contributed by atoms with van der Waals surface area (Å²) >= 11 is 1.13. The summed E-state index contributed by atoms with van der Waals surface area (Å²) in [5, 5.41) is 13.2. The highest BCUT2D eigenvalue weighted by Gasteiger charge is 2.23. The SMILES string of the molecule is Cc1ccc(OCc2nnc(S[C@H](C)C(=O)NC(=O)NC3CCCCC3)n2N)c(C)c1. The van der Waals surface area contributed by atoms with Crippen molar-refractivity contribution >= 4 is 23.7 Å². The zero-order valence-electron chi connectivity index (χ0n) is 18.2. The van der Waals surface area contributed by atoms with E-state index in [1.54, 1.807) is 6.92 Å². The van der Waals surface area contributed by atoms with Crippen molar-refractivity contribution in [2.75, 3.05) is 5.84 Å². The molecule has 2 aromatic rings. The fourth-order valence-corrected chi connectivity index (χ4v) is 4.27. The third kappa shape index (κ3) is 6.36. The molecule has 1 heterocycles. The lowest BCUT2D eigenvalue weighted by Crippen LogP contribution is -2.47. The smallest absolute Gasteiger partial charge is 0.321 e. The summed E-state index contributed by atoms with van der Waals surface area (Å²) in [6, 6.07) is 5.59. The van der Waals surface area contributed by atoms with Crippen LogP contribution in [-0.2, 0) is 11.4 Å². The first-order valence-electron chi connectivity index (χ1n) is 10.5. The first-order valence-corrected chi connectivity index (χ1v) is 11.4. The Morgan fingerprint density at radius 3 is 2.71 bits per heavy atom. The van der Waals surface area contributed by atoms with Crippen LogP contribution in [0.2, 0.25) is 0 Å². The monoisotopic (exact) mass is 446 g/mol. The Morgan fingerprint density at radius 1 is 1.26 bits per heavy atom. The summed E-state index contributed by atoms with van der Waals surface area (Å²) < 4.78 is 7.11. The lowest BCUT2D eigenvalue weighted by molar-refractivity contribution is -0.119. The van der Waals surface area contributed by atoms with E-state index in [-0.39, 0.29) is 12.6 Å². The van der Waals surface area contributed by atoms with Crippen LogP contribution in [0.25, 0.3) is 0 Å². The van der Waals surface area contributed by atoms with Gasteiger partial charge in [-0.1, -0.05) is 48.7 Å². The van der Waals surface area contributed by atoms with E-state index in [1.807, 2.05) is 32.0 Å². The van der Waals surface area contributed by atoms with E-state index in [0.717, 1.165) is 54.3 Å². The number of carbonyl (C=O) groups is 2. The number of ether oxygens (including phenoxy) is 1. The fourth-order valence-electron chi connectivity index (χ4n) is 3.48. The Labute approximate surface area is 186 Å². The number of thioether (sulfide) groups is 1. The molecule has 1 atom stereocenters. The molecule has 0 spiro atoms. The molecule has 1 aromatic heterocycles. The molecule has 10 heteroatoms. The lowest BCUT2D eigenvalue weighted by atomic mass is 9.96. The predicted octanol–water partition coefficient (Wildman–Crippen LogP) is 2.83. The molecule has 1 saturated carbocycles. The summed E-state index contributed by atoms with van der Waals surface area (Å²) in [5.74, 6) is 6.86. The van der Waals surface area contributed by atoms with Gasteiger partial charge in [0.25, 0.3) is 0 Å². The van der Waals surface area contributed by atoms with Crippen molar-refractivity contribution in [3.8, 4) is 5.75 Å². The van der Waals surface area contributed by atoms with E-state index in [1.165, 1.54) is 11.1 Å². The van der Waals surface area contributed by atoms with E-state index in [9.17, 15) is 9.59 Å². The molecule has 3 rings (SSSR count). The quantitative estimate of drug-likeness (QED) is 0.441. The van der Waals surface area contributed by atoms with Gasteiger partial charge in [0.1, 0.15) is 12.4 Å². The van der Waals surface area contributed by atoms with E-state index in [0.29, 0.717) is 11.0 Å². The number of nitrogen functional groups attached to an aromatic ring is 1. The van der Waals surface area contributed by atoms with Gasteiger partial charge in [-0.25, -0.2) is 9.47 Å². The van der Waals surface area contributed by atoms with Crippen LogP contribution < -0.4 is 21.2 Å². The van der Waals surface area contributed by atoms with Gasteiger partial charge < -0.3 is 15.9 Å². The van der Waals surface area contributed by atoms with Crippen molar-refractivity contribution in [1.82, 2.24) is 25.5 Å². The molecule has 0 radical (unpaired) electrons. The first kappa shape index (κ1) is 22.9. The second kappa shape index (κ2) is 10.5. The number of nitrogens with two attached hydrogens (primary N) is 1. The highest BCUT2D eigenvalue weighted by atomic mass is 32.2. The summed E-state index contributed by atoms with van der Waals surface area (Å²) in [5.41, 5.74) is 2.18. The van der Waals surface area contributed by atoms with Gasteiger partial charge in [-0.05, 0) is 45.2 Å². The second-order valence-electron chi connectivity index (χ2n) is 7.88. The number of nitrogens with one attached hydrogen (secondary N) is 2. The second-order valence-corrected chi connectivity index (χ2v) is 9.19. The molecule has 1 fully saturated rings. The molecule has 31 heavy (non-hydrogen) atoms. The largest absolute Gasteiger partial charge is 0.485 e. The normalized spacial score (nSPS) is 15.3. The first-order chi connectivity index (χ1) is 14.8.